The van der Waals surface area contributed by atoms with Crippen LogP contribution in [0.5, 0.6) is 0 Å². The van der Waals surface area contributed by atoms with E-state index in [9.17, 15) is 9.59 Å². The molecule has 0 aromatic heterocycles. The van der Waals surface area contributed by atoms with E-state index in [4.69, 9.17) is 4.74 Å². The molecule has 10 saturated heterocycles. The van der Waals surface area contributed by atoms with Crippen molar-refractivity contribution >= 4 is 11.8 Å². The van der Waals surface area contributed by atoms with Crippen LogP contribution in [-0.4, -0.2) is 18.4 Å². The van der Waals surface area contributed by atoms with Gasteiger partial charge >= 0.3 is 119 Å². The number of ketones is 1. The van der Waals surface area contributed by atoms with E-state index < -0.39 is 6.51 Å². The number of Topliss-reactive ketones (excluding diaryl/α,β-unsaturated/α-hetero) is 1. The summed E-state index contributed by atoms with van der Waals surface area (Å²) < 4.78 is 5.95. The van der Waals surface area contributed by atoms with Gasteiger partial charge in [-0.1, -0.05) is 0 Å². The van der Waals surface area contributed by atoms with Gasteiger partial charge < -0.3 is 0 Å². The third-order valence-corrected chi connectivity index (χ3v) is 59.5. The van der Waals surface area contributed by atoms with E-state index in [1.165, 1.54) is 5.57 Å². The van der Waals surface area contributed by atoms with Crippen LogP contribution in [0.4, 0.5) is 0 Å². The van der Waals surface area contributed by atoms with Crippen LogP contribution >= 0.6 is 0 Å². The van der Waals surface area contributed by atoms with Crippen molar-refractivity contribution in [3.8, 4) is 0 Å². The van der Waals surface area contributed by atoms with Crippen molar-refractivity contribution in [3.05, 3.63) is 11.6 Å². The average molecular weight is 340 g/mol. The van der Waals surface area contributed by atoms with Crippen molar-refractivity contribution in [3.63, 3.8) is 0 Å². The number of carbonyl (C=O) groups is 2. The molecule has 10 aliphatic rings. The quantitative estimate of drug-likeness (QED) is 0.437. The first-order valence-corrected chi connectivity index (χ1v) is 15.0. The molecule has 4 heteroatoms. The molecule has 10 aliphatic heterocycles. The van der Waals surface area contributed by atoms with Crippen LogP contribution in [0.15, 0.2) is 11.6 Å². The average Bonchev–Trinajstić information content (AvgIpc) is 3.40. The molecule has 3 nitrogen and oxygen atoms in total. The van der Waals surface area contributed by atoms with E-state index in [0.29, 0.717) is 16.7 Å². The van der Waals surface area contributed by atoms with Crippen LogP contribution in [0, 0.1) is 0 Å². The second-order valence-corrected chi connectivity index (χ2v) is 35.1. The Morgan fingerprint density at radius 3 is 1.86 bits per heavy atom. The fourth-order valence-corrected chi connectivity index (χ4v) is 96.3. The van der Waals surface area contributed by atoms with Gasteiger partial charge in [-0.25, -0.2) is 0 Å². The zero-order valence-electron chi connectivity index (χ0n) is 13.0. The first kappa shape index (κ1) is 9.64. The monoisotopic (exact) mass is 340 g/mol. The SMILES string of the molecule is CCOC(=O)C=C(C)[C]12[CH]3[CH]4[CH]5[CH]1[Fe]45321678[CH]2[CH]1[CH]6[C]7(C(C)=O)[CH]28. The summed E-state index contributed by atoms with van der Waals surface area (Å²) in [5, 5.41) is 0. The molecule has 0 bridgehead atoms. The first-order valence-electron chi connectivity index (χ1n) is 8.83. The van der Waals surface area contributed by atoms with E-state index in [0.717, 1.165) is 38.5 Å². The van der Waals surface area contributed by atoms with E-state index in [1.54, 1.807) is 0 Å². The Morgan fingerprint density at radius 1 is 1.00 bits per heavy atom. The molecular weight excluding hydrogens is 320 g/mol. The summed E-state index contributed by atoms with van der Waals surface area (Å²) in [7, 11) is 0. The van der Waals surface area contributed by atoms with E-state index in [2.05, 4.69) is 6.92 Å². The summed E-state index contributed by atoms with van der Waals surface area (Å²) in [4.78, 5) is 33.0. The molecular formula is C18H20FeO3. The second-order valence-electron chi connectivity index (χ2n) is 11.9. The van der Waals surface area contributed by atoms with Gasteiger partial charge in [0.25, 0.3) is 0 Å². The Balaban J connectivity index is 1.38. The number of ether oxygens (including phenoxy) is 1. The second kappa shape index (κ2) is 0.899. The number of rotatable bonds is 4. The number of allylic oxidation sites excluding steroid dienone is 1. The molecule has 10 rings (SSSR count). The number of carbonyl (C=O) groups excluding carboxylic acids is 2. The van der Waals surface area contributed by atoms with Crippen LogP contribution in [-0.2, 0) is 20.8 Å². The molecule has 10 fully saturated rings. The molecule has 8 unspecified atom stereocenters. The summed E-state index contributed by atoms with van der Waals surface area (Å²) in [6.45, 7) is 2.82. The number of esters is 1. The minimum absolute atomic E-state index is 0.146. The van der Waals surface area contributed by atoms with Crippen molar-refractivity contribution in [1.29, 1.82) is 0 Å². The van der Waals surface area contributed by atoms with Gasteiger partial charge in [0.15, 0.2) is 0 Å². The van der Waals surface area contributed by atoms with Crippen LogP contribution < -0.4 is 0 Å². The van der Waals surface area contributed by atoms with Gasteiger partial charge in [-0.05, 0) is 0 Å². The topological polar surface area (TPSA) is 43.4 Å². The summed E-state index contributed by atoms with van der Waals surface area (Å²) in [5.74, 6) is 0.454. The molecule has 0 radical (unpaired) electrons. The predicted molar refractivity (Wildman–Crippen MR) is 76.5 cm³/mol. The maximum atomic E-state index is 12.8. The van der Waals surface area contributed by atoms with Gasteiger partial charge in [0.2, 0.25) is 0 Å². The molecule has 0 N–H and O–H groups in total. The normalized spacial score (nSPS) is 98.6. The third-order valence-electron chi connectivity index (χ3n) is 16.6. The van der Waals surface area contributed by atoms with Gasteiger partial charge in [-0.2, -0.15) is 0 Å². The van der Waals surface area contributed by atoms with E-state index in [1.807, 2.05) is 19.9 Å². The van der Waals surface area contributed by atoms with Crippen molar-refractivity contribution in [2.24, 2.45) is 0 Å². The van der Waals surface area contributed by atoms with Crippen LogP contribution in [0.1, 0.15) is 20.8 Å². The number of fused-ring (bicyclic) bond motifs is 10. The fourth-order valence-electron chi connectivity index (χ4n) is 19.1. The summed E-state index contributed by atoms with van der Waals surface area (Å²) in [5.41, 5.74) is 1.37. The van der Waals surface area contributed by atoms with Gasteiger partial charge in [-0.3, -0.25) is 0 Å². The van der Waals surface area contributed by atoms with Crippen molar-refractivity contribution < 1.29 is 20.8 Å². The van der Waals surface area contributed by atoms with Gasteiger partial charge in [0, 0.05) is 0 Å². The molecule has 118 valence electrons. The van der Waals surface area contributed by atoms with Gasteiger partial charge in [-0.15, -0.1) is 0 Å². The van der Waals surface area contributed by atoms with Gasteiger partial charge in [0.1, 0.15) is 0 Å². The molecule has 22 heavy (non-hydrogen) atoms. The Bertz CT molecular complexity index is 1250. The number of hydrogen-bond donors (Lipinski definition) is 0. The Kier molecular flexibility index (Phi) is 0.394. The molecule has 0 aromatic carbocycles. The zero-order chi connectivity index (χ0) is 14.8. The standard InChI is InChI=1S/C11H13O2.C7H7O.Fe/c1-3-13-11(12)8-9(2)10-6-4-5-7-10;1-6(8)7-4-2-3-5-7;/h4-8H,3H2,1-2H3;2-5H,1H3;. The zero-order valence-corrected chi connectivity index (χ0v) is 14.1. The first-order chi connectivity index (χ1) is 10.3. The molecule has 0 saturated carbocycles. The predicted octanol–water partition coefficient (Wildman–Crippen LogP) is 4.21. The molecule has 1 spiro atoms. The van der Waals surface area contributed by atoms with Gasteiger partial charge in [0.05, 0.1) is 0 Å². The fraction of sp³-hybridized carbons (Fsp3) is 0.778. The van der Waals surface area contributed by atoms with E-state index in [-0.39, 0.29) is 10.3 Å². The van der Waals surface area contributed by atoms with Crippen LogP contribution in [0.3, 0.4) is 0 Å². The van der Waals surface area contributed by atoms with Crippen LogP contribution in [0.2, 0.25) is 47.2 Å². The molecule has 0 aliphatic carbocycles. The Labute approximate surface area is 119 Å². The maximum absolute atomic E-state index is 12.8. The van der Waals surface area contributed by atoms with Crippen LogP contribution in [0.25, 0.3) is 0 Å². The summed E-state index contributed by atoms with van der Waals surface area (Å²) in [6.07, 6.45) is 1.85. The molecule has 0 amide bonds. The Morgan fingerprint density at radius 2 is 1.50 bits per heavy atom. The number of hydrogen-bond acceptors (Lipinski definition) is 3. The molecule has 0 aromatic rings. The third kappa shape index (κ3) is 0.110. The summed E-state index contributed by atoms with van der Waals surface area (Å²) in [6, 6.07) is 0. The minimum atomic E-state index is -3.66. The van der Waals surface area contributed by atoms with Crippen molar-refractivity contribution in [2.45, 2.75) is 67.9 Å². The Hall–Kier alpha value is -0.601. The molecule has 8 atom stereocenters. The van der Waals surface area contributed by atoms with Crippen molar-refractivity contribution in [2.75, 3.05) is 6.61 Å². The summed E-state index contributed by atoms with van der Waals surface area (Å²) >= 11 is 0. The molecule has 10 heterocycles. The van der Waals surface area contributed by atoms with E-state index >= 15 is 0 Å². The van der Waals surface area contributed by atoms with Crippen molar-refractivity contribution in [1.82, 2.24) is 0 Å².